The number of nitrogens with zero attached hydrogens (tertiary/aromatic N) is 2. The summed E-state index contributed by atoms with van der Waals surface area (Å²) >= 11 is 0. The van der Waals surface area contributed by atoms with Gasteiger partial charge < -0.3 is 10.1 Å². The van der Waals surface area contributed by atoms with Crippen molar-refractivity contribution in [1.82, 2.24) is 15.1 Å². The largest absolute Gasteiger partial charge is 0.384 e. The standard InChI is InChI=1S/C15H31N3O/c1-13-9-18(10-14(2)17(13)3)11-15(12-19-4)5-7-16-8-6-15/h13-14,16H,5-12H2,1-4H3. The summed E-state index contributed by atoms with van der Waals surface area (Å²) in [6, 6.07) is 1.31. The van der Waals surface area contributed by atoms with E-state index in [2.05, 4.69) is 36.0 Å². The molecule has 0 aliphatic carbocycles. The Kier molecular flexibility index (Phi) is 5.23. The third kappa shape index (κ3) is 3.69. The summed E-state index contributed by atoms with van der Waals surface area (Å²) in [7, 11) is 4.10. The van der Waals surface area contributed by atoms with Crippen LogP contribution in [0.3, 0.4) is 0 Å². The van der Waals surface area contributed by atoms with E-state index >= 15 is 0 Å². The number of methoxy groups -OCH3 is 1. The Balaban J connectivity index is 1.97. The number of likely N-dealkylation sites (N-methyl/N-ethyl adjacent to an activating group) is 1. The second kappa shape index (κ2) is 6.53. The van der Waals surface area contributed by atoms with E-state index in [0.717, 1.165) is 19.7 Å². The molecule has 0 aromatic heterocycles. The molecule has 2 heterocycles. The van der Waals surface area contributed by atoms with E-state index in [4.69, 9.17) is 4.74 Å². The Morgan fingerprint density at radius 1 is 1.16 bits per heavy atom. The zero-order valence-corrected chi connectivity index (χ0v) is 13.1. The molecule has 2 saturated heterocycles. The summed E-state index contributed by atoms with van der Waals surface area (Å²) < 4.78 is 5.54. The van der Waals surface area contributed by atoms with Gasteiger partial charge in [-0.15, -0.1) is 0 Å². The van der Waals surface area contributed by atoms with Crippen LogP contribution in [0.4, 0.5) is 0 Å². The van der Waals surface area contributed by atoms with Crippen molar-refractivity contribution in [2.75, 3.05) is 53.5 Å². The molecule has 4 heteroatoms. The highest BCUT2D eigenvalue weighted by atomic mass is 16.5. The monoisotopic (exact) mass is 269 g/mol. The highest BCUT2D eigenvalue weighted by Gasteiger charge is 2.36. The summed E-state index contributed by atoms with van der Waals surface area (Å²) in [6.45, 7) is 11.5. The van der Waals surface area contributed by atoms with Gasteiger partial charge in [-0.25, -0.2) is 0 Å². The molecule has 2 aliphatic heterocycles. The predicted molar refractivity (Wildman–Crippen MR) is 79.5 cm³/mol. The van der Waals surface area contributed by atoms with Gasteiger partial charge in [0.25, 0.3) is 0 Å². The van der Waals surface area contributed by atoms with Crippen molar-refractivity contribution in [3.8, 4) is 0 Å². The second-order valence-electron chi connectivity index (χ2n) is 6.74. The SMILES string of the molecule is COCC1(CN2CC(C)N(C)C(C)C2)CCNCC1. The van der Waals surface area contributed by atoms with Gasteiger partial charge in [-0.3, -0.25) is 9.80 Å². The van der Waals surface area contributed by atoms with Gasteiger partial charge in [0.1, 0.15) is 0 Å². The highest BCUT2D eigenvalue weighted by molar-refractivity contribution is 4.91. The summed E-state index contributed by atoms with van der Waals surface area (Å²) in [5.74, 6) is 0. The molecule has 2 fully saturated rings. The first-order valence-electron chi connectivity index (χ1n) is 7.70. The van der Waals surface area contributed by atoms with E-state index < -0.39 is 0 Å². The lowest BCUT2D eigenvalue weighted by Crippen LogP contribution is -2.58. The average Bonchev–Trinajstić information content (AvgIpc) is 2.37. The summed E-state index contributed by atoms with van der Waals surface area (Å²) in [6.07, 6.45) is 2.49. The van der Waals surface area contributed by atoms with E-state index in [0.29, 0.717) is 17.5 Å². The molecule has 19 heavy (non-hydrogen) atoms. The van der Waals surface area contributed by atoms with E-state index in [9.17, 15) is 0 Å². The van der Waals surface area contributed by atoms with Crippen molar-refractivity contribution in [3.05, 3.63) is 0 Å². The smallest absolute Gasteiger partial charge is 0.0531 e. The van der Waals surface area contributed by atoms with Crippen molar-refractivity contribution in [2.45, 2.75) is 38.8 Å². The number of hydrogen-bond acceptors (Lipinski definition) is 4. The predicted octanol–water partition coefficient (Wildman–Crippen LogP) is 1.03. The first-order valence-corrected chi connectivity index (χ1v) is 7.70. The molecule has 0 aromatic rings. The van der Waals surface area contributed by atoms with Crippen LogP contribution in [-0.4, -0.2) is 75.4 Å². The minimum Gasteiger partial charge on any atom is -0.384 e. The summed E-state index contributed by atoms with van der Waals surface area (Å²) in [5.41, 5.74) is 0.370. The maximum absolute atomic E-state index is 5.54. The zero-order valence-electron chi connectivity index (χ0n) is 13.1. The van der Waals surface area contributed by atoms with Crippen LogP contribution in [0.1, 0.15) is 26.7 Å². The molecule has 2 atom stereocenters. The van der Waals surface area contributed by atoms with E-state index in [1.54, 1.807) is 0 Å². The molecular formula is C15H31N3O. The Labute approximate surface area is 118 Å². The van der Waals surface area contributed by atoms with Gasteiger partial charge in [-0.1, -0.05) is 0 Å². The lowest BCUT2D eigenvalue weighted by atomic mass is 9.78. The van der Waals surface area contributed by atoms with Gasteiger partial charge in [0.2, 0.25) is 0 Å². The zero-order chi connectivity index (χ0) is 13.9. The van der Waals surface area contributed by atoms with E-state index in [-0.39, 0.29) is 0 Å². The van der Waals surface area contributed by atoms with Crippen molar-refractivity contribution in [1.29, 1.82) is 0 Å². The lowest BCUT2D eigenvalue weighted by molar-refractivity contribution is -0.0117. The van der Waals surface area contributed by atoms with Gasteiger partial charge in [0, 0.05) is 44.2 Å². The third-order valence-electron chi connectivity index (χ3n) is 5.11. The number of nitrogens with one attached hydrogen (secondary N) is 1. The molecule has 2 rings (SSSR count). The van der Waals surface area contributed by atoms with Crippen LogP contribution in [0.15, 0.2) is 0 Å². The fraction of sp³-hybridized carbons (Fsp3) is 1.00. The third-order valence-corrected chi connectivity index (χ3v) is 5.11. The molecule has 1 N–H and O–H groups in total. The Morgan fingerprint density at radius 2 is 1.74 bits per heavy atom. The molecule has 0 spiro atoms. The van der Waals surface area contributed by atoms with Crippen LogP contribution in [0, 0.1) is 5.41 Å². The number of piperazine rings is 1. The van der Waals surface area contributed by atoms with Gasteiger partial charge in [-0.05, 0) is 46.8 Å². The van der Waals surface area contributed by atoms with Crippen molar-refractivity contribution < 1.29 is 4.74 Å². The highest BCUT2D eigenvalue weighted by Crippen LogP contribution is 2.31. The minimum atomic E-state index is 0.370. The molecule has 2 aliphatic rings. The number of piperidine rings is 1. The van der Waals surface area contributed by atoms with Crippen LogP contribution in [0.2, 0.25) is 0 Å². The molecule has 0 amide bonds. The molecule has 0 bridgehead atoms. The number of hydrogen-bond donors (Lipinski definition) is 1. The van der Waals surface area contributed by atoms with E-state index in [1.165, 1.54) is 32.5 Å². The number of rotatable bonds is 4. The fourth-order valence-corrected chi connectivity index (χ4v) is 3.73. The molecule has 0 saturated carbocycles. The quantitative estimate of drug-likeness (QED) is 0.825. The second-order valence-corrected chi connectivity index (χ2v) is 6.74. The Bertz CT molecular complexity index is 261. The molecule has 0 radical (unpaired) electrons. The Hall–Kier alpha value is -0.160. The van der Waals surface area contributed by atoms with Crippen LogP contribution in [-0.2, 0) is 4.74 Å². The van der Waals surface area contributed by atoms with Crippen LogP contribution in [0.25, 0.3) is 0 Å². The van der Waals surface area contributed by atoms with Crippen LogP contribution < -0.4 is 5.32 Å². The maximum atomic E-state index is 5.54. The molecule has 4 nitrogen and oxygen atoms in total. The number of ether oxygens (including phenoxy) is 1. The van der Waals surface area contributed by atoms with Crippen molar-refractivity contribution >= 4 is 0 Å². The van der Waals surface area contributed by atoms with Gasteiger partial charge in [0.15, 0.2) is 0 Å². The average molecular weight is 269 g/mol. The normalized spacial score (nSPS) is 33.5. The van der Waals surface area contributed by atoms with Crippen LogP contribution >= 0.6 is 0 Å². The molecule has 0 aromatic carbocycles. The Morgan fingerprint density at radius 3 is 2.26 bits per heavy atom. The maximum Gasteiger partial charge on any atom is 0.0531 e. The minimum absolute atomic E-state index is 0.370. The first-order chi connectivity index (χ1) is 9.06. The fourth-order valence-electron chi connectivity index (χ4n) is 3.73. The van der Waals surface area contributed by atoms with Crippen LogP contribution in [0.5, 0.6) is 0 Å². The van der Waals surface area contributed by atoms with Crippen molar-refractivity contribution in [2.24, 2.45) is 5.41 Å². The molecule has 2 unspecified atom stereocenters. The topological polar surface area (TPSA) is 27.7 Å². The first kappa shape index (κ1) is 15.2. The van der Waals surface area contributed by atoms with Gasteiger partial charge in [0.05, 0.1) is 6.61 Å². The molecule has 112 valence electrons. The van der Waals surface area contributed by atoms with Gasteiger partial charge in [-0.2, -0.15) is 0 Å². The lowest BCUT2D eigenvalue weighted by Gasteiger charge is -2.47. The molecular weight excluding hydrogens is 238 g/mol. The summed E-state index contributed by atoms with van der Waals surface area (Å²) in [5, 5.41) is 3.48. The van der Waals surface area contributed by atoms with Crippen molar-refractivity contribution in [3.63, 3.8) is 0 Å². The summed E-state index contributed by atoms with van der Waals surface area (Å²) in [4.78, 5) is 5.17. The van der Waals surface area contributed by atoms with E-state index in [1.807, 2.05) is 7.11 Å². The van der Waals surface area contributed by atoms with Gasteiger partial charge >= 0.3 is 0 Å².